The number of halogens is 4. The fraction of sp³-hybridized carbons (Fsp3) is 0.286. The normalized spacial score (nSPS) is 15.7. The number of carbonyl (C=O) groups is 1. The van der Waals surface area contributed by atoms with Crippen LogP contribution >= 0.6 is 46.4 Å². The lowest BCUT2D eigenvalue weighted by molar-refractivity contribution is 0.104. The summed E-state index contributed by atoms with van der Waals surface area (Å²) in [4.78, 5) is 12.2. The summed E-state index contributed by atoms with van der Waals surface area (Å²) >= 11 is 24.8. The number of fused-ring (bicyclic) bond motifs is 1. The predicted molar refractivity (Wildman–Crippen MR) is 103 cm³/mol. The van der Waals surface area contributed by atoms with Crippen LogP contribution in [0.4, 0.5) is 0 Å². The lowest BCUT2D eigenvalue weighted by Crippen LogP contribution is -2.39. The van der Waals surface area contributed by atoms with E-state index >= 15 is 0 Å². The van der Waals surface area contributed by atoms with E-state index < -0.39 is 17.9 Å². The Labute approximate surface area is 159 Å². The fourth-order valence-corrected chi connectivity index (χ4v) is 7.50. The lowest BCUT2D eigenvalue weighted by atomic mass is 9.94. The van der Waals surface area contributed by atoms with Crippen LogP contribution in [0.1, 0.15) is 15.9 Å². The van der Waals surface area contributed by atoms with Crippen molar-refractivity contribution < 1.29 is 4.79 Å². The van der Waals surface area contributed by atoms with Crippen molar-refractivity contribution in [3.05, 3.63) is 43.4 Å². The van der Waals surface area contributed by atoms with Gasteiger partial charge in [-0.2, -0.15) is 5.10 Å². The van der Waals surface area contributed by atoms with Gasteiger partial charge in [0.15, 0.2) is 23.7 Å². The summed E-state index contributed by atoms with van der Waals surface area (Å²) in [6, 6.07) is 0. The molecule has 1 aromatic rings. The average molecular weight is 424 g/mol. The highest BCUT2D eigenvalue weighted by Crippen LogP contribution is 2.43. The standard InChI is InChI=1S/C14H14Cl4N2OSi2/c1-22(2)20(23(3)4)19-7-5-6-8(21)10-9(7)11(15)13(17)14(18)12(10)16/h5-6H,1-4H3. The van der Waals surface area contributed by atoms with Crippen molar-refractivity contribution >= 4 is 75.8 Å². The third kappa shape index (κ3) is 3.55. The number of benzene rings is 1. The molecule has 122 valence electrons. The van der Waals surface area contributed by atoms with Crippen LogP contribution in [0, 0.1) is 0 Å². The molecule has 0 aromatic heterocycles. The first kappa shape index (κ1) is 19.0. The highest BCUT2D eigenvalue weighted by Gasteiger charge is 2.29. The zero-order valence-electron chi connectivity index (χ0n) is 13.0. The Balaban J connectivity index is 2.74. The minimum atomic E-state index is -0.790. The minimum absolute atomic E-state index is 0.0865. The van der Waals surface area contributed by atoms with E-state index in [0.29, 0.717) is 11.3 Å². The molecule has 0 fully saturated rings. The molecular weight excluding hydrogens is 410 g/mol. The first-order valence-electron chi connectivity index (χ1n) is 6.74. The van der Waals surface area contributed by atoms with Gasteiger partial charge in [0, 0.05) is 5.56 Å². The number of hydrogen-bond donors (Lipinski definition) is 0. The number of hydrazone groups is 1. The van der Waals surface area contributed by atoms with Crippen LogP contribution in [-0.2, 0) is 0 Å². The summed E-state index contributed by atoms with van der Waals surface area (Å²) in [5, 5.41) is 5.28. The molecule has 1 aliphatic rings. The van der Waals surface area contributed by atoms with Gasteiger partial charge >= 0.3 is 0 Å². The Bertz CT molecular complexity index is 724. The van der Waals surface area contributed by atoms with Crippen molar-refractivity contribution in [1.82, 2.24) is 4.34 Å². The predicted octanol–water partition coefficient (Wildman–Crippen LogP) is 5.56. The van der Waals surface area contributed by atoms with Crippen LogP contribution in [0.3, 0.4) is 0 Å². The largest absolute Gasteiger partial charge is 0.349 e. The van der Waals surface area contributed by atoms with Crippen LogP contribution in [0.25, 0.3) is 0 Å². The summed E-state index contributed by atoms with van der Waals surface area (Å²) in [5.41, 5.74) is 1.30. The van der Waals surface area contributed by atoms with E-state index in [-0.39, 0.29) is 31.4 Å². The SMILES string of the molecule is C[Si](C)N(N=C1C=CC(=O)c2c(Cl)c(Cl)c(Cl)c(Cl)c21)[Si](C)C. The lowest BCUT2D eigenvalue weighted by Gasteiger charge is -2.28. The van der Waals surface area contributed by atoms with Gasteiger partial charge in [-0.05, 0) is 12.2 Å². The van der Waals surface area contributed by atoms with Crippen molar-refractivity contribution in [2.75, 3.05) is 0 Å². The van der Waals surface area contributed by atoms with E-state index in [2.05, 4.69) is 30.5 Å². The first-order valence-corrected chi connectivity index (χ1v) is 13.1. The molecule has 0 bridgehead atoms. The Hall–Kier alpha value is -0.306. The van der Waals surface area contributed by atoms with Gasteiger partial charge in [0.2, 0.25) is 0 Å². The molecule has 0 saturated heterocycles. The van der Waals surface area contributed by atoms with E-state index in [1.165, 1.54) is 6.08 Å². The molecule has 0 unspecified atom stereocenters. The van der Waals surface area contributed by atoms with Gasteiger partial charge in [-0.15, -0.1) is 0 Å². The Kier molecular flexibility index (Phi) is 6.03. The van der Waals surface area contributed by atoms with Crippen molar-refractivity contribution in [1.29, 1.82) is 0 Å². The summed E-state index contributed by atoms with van der Waals surface area (Å²) in [6.45, 7) is 8.64. The number of rotatable bonds is 3. The van der Waals surface area contributed by atoms with Gasteiger partial charge < -0.3 is 4.34 Å². The maximum Gasteiger partial charge on any atom is 0.188 e. The maximum absolute atomic E-state index is 12.2. The van der Waals surface area contributed by atoms with Gasteiger partial charge in [-0.1, -0.05) is 72.6 Å². The van der Waals surface area contributed by atoms with Crippen LogP contribution in [0.2, 0.25) is 46.3 Å². The zero-order chi connectivity index (χ0) is 17.5. The number of ketones is 1. The molecule has 9 heteroatoms. The van der Waals surface area contributed by atoms with Crippen LogP contribution in [-0.4, -0.2) is 33.8 Å². The summed E-state index contributed by atoms with van der Waals surface area (Å²) < 4.78 is 2.13. The third-order valence-corrected chi connectivity index (χ3v) is 9.60. The molecule has 2 radical (unpaired) electrons. The second-order valence-electron chi connectivity index (χ2n) is 5.39. The van der Waals surface area contributed by atoms with Gasteiger partial charge in [-0.3, -0.25) is 4.79 Å². The molecule has 0 heterocycles. The smallest absolute Gasteiger partial charge is 0.188 e. The van der Waals surface area contributed by atoms with E-state index in [9.17, 15) is 4.79 Å². The van der Waals surface area contributed by atoms with Crippen LogP contribution < -0.4 is 0 Å². The molecular formula is C14H14Cl4N2OSi2. The quantitative estimate of drug-likeness (QED) is 0.276. The molecule has 0 atom stereocenters. The Morgan fingerprint density at radius 2 is 1.30 bits per heavy atom. The summed E-state index contributed by atoms with van der Waals surface area (Å²) in [6.07, 6.45) is 3.08. The molecule has 0 saturated carbocycles. The fourth-order valence-electron chi connectivity index (χ4n) is 2.26. The van der Waals surface area contributed by atoms with E-state index in [1.807, 2.05) is 0 Å². The molecule has 1 aliphatic carbocycles. The second kappa shape index (κ2) is 7.29. The Morgan fingerprint density at radius 3 is 1.78 bits per heavy atom. The molecule has 1 aromatic carbocycles. The highest BCUT2D eigenvalue weighted by atomic mass is 35.5. The van der Waals surface area contributed by atoms with Gasteiger partial charge in [0.25, 0.3) is 0 Å². The van der Waals surface area contributed by atoms with Crippen molar-refractivity contribution in [2.24, 2.45) is 5.10 Å². The van der Waals surface area contributed by atoms with Crippen molar-refractivity contribution in [2.45, 2.75) is 26.2 Å². The van der Waals surface area contributed by atoms with Crippen LogP contribution in [0.15, 0.2) is 17.3 Å². The van der Waals surface area contributed by atoms with Crippen molar-refractivity contribution in [3.8, 4) is 0 Å². The van der Waals surface area contributed by atoms with Crippen molar-refractivity contribution in [3.63, 3.8) is 0 Å². The van der Waals surface area contributed by atoms with E-state index in [1.54, 1.807) is 6.08 Å². The highest BCUT2D eigenvalue weighted by molar-refractivity contribution is 6.69. The third-order valence-electron chi connectivity index (χ3n) is 3.22. The first-order chi connectivity index (χ1) is 10.7. The van der Waals surface area contributed by atoms with E-state index in [4.69, 9.17) is 51.5 Å². The summed E-state index contributed by atoms with van der Waals surface area (Å²) in [5.74, 6) is -0.256. The molecule has 3 nitrogen and oxygen atoms in total. The monoisotopic (exact) mass is 422 g/mol. The van der Waals surface area contributed by atoms with Gasteiger partial charge in [0.1, 0.15) is 0 Å². The summed E-state index contributed by atoms with van der Waals surface area (Å²) in [7, 11) is -1.58. The van der Waals surface area contributed by atoms with Gasteiger partial charge in [0.05, 0.1) is 31.4 Å². The number of nitrogens with zero attached hydrogens (tertiary/aromatic N) is 2. The maximum atomic E-state index is 12.2. The number of carbonyl (C=O) groups excluding carboxylic acids is 1. The average Bonchev–Trinajstić information content (AvgIpc) is 2.48. The Morgan fingerprint density at radius 1 is 0.826 bits per heavy atom. The van der Waals surface area contributed by atoms with Crippen LogP contribution in [0.5, 0.6) is 0 Å². The number of hydrogen-bond acceptors (Lipinski definition) is 3. The molecule has 0 amide bonds. The molecule has 2 rings (SSSR count). The van der Waals surface area contributed by atoms with Gasteiger partial charge in [-0.25, -0.2) is 0 Å². The second-order valence-corrected chi connectivity index (χ2v) is 12.0. The minimum Gasteiger partial charge on any atom is -0.349 e. The number of allylic oxidation sites excluding steroid dienone is 2. The topological polar surface area (TPSA) is 32.7 Å². The molecule has 23 heavy (non-hydrogen) atoms. The molecule has 0 N–H and O–H groups in total. The zero-order valence-corrected chi connectivity index (χ0v) is 18.0. The molecule has 0 aliphatic heterocycles. The molecule has 0 spiro atoms. The van der Waals surface area contributed by atoms with E-state index in [0.717, 1.165) is 0 Å².